The maximum atomic E-state index is 12.8. The van der Waals surface area contributed by atoms with Gasteiger partial charge < -0.3 is 20.4 Å². The van der Waals surface area contributed by atoms with Crippen LogP contribution in [0.3, 0.4) is 0 Å². The minimum Gasteiger partial charge on any atom is -0.326 e. The third kappa shape index (κ3) is 4.15. The summed E-state index contributed by atoms with van der Waals surface area (Å²) in [5.74, 6) is -1.09. The predicted octanol–water partition coefficient (Wildman–Crippen LogP) is -0.319. The molecule has 3 N–H and O–H groups in total. The lowest BCUT2D eigenvalue weighted by Crippen LogP contribution is -2.52. The molecule has 1 aromatic carbocycles. The van der Waals surface area contributed by atoms with Gasteiger partial charge in [-0.05, 0) is 18.6 Å². The van der Waals surface area contributed by atoms with Crippen molar-refractivity contribution in [3.63, 3.8) is 0 Å². The summed E-state index contributed by atoms with van der Waals surface area (Å²) in [6.45, 7) is 4.68. The largest absolute Gasteiger partial charge is 0.326 e. The monoisotopic (exact) mass is 399 g/mol. The number of imide groups is 1. The second-order valence-electron chi connectivity index (χ2n) is 7.62. The molecule has 9 nitrogen and oxygen atoms in total. The highest BCUT2D eigenvalue weighted by atomic mass is 16.2. The molecule has 4 rings (SSSR count). The Balaban J connectivity index is 1.42. The van der Waals surface area contributed by atoms with Crippen molar-refractivity contribution in [2.75, 3.05) is 38.0 Å². The summed E-state index contributed by atoms with van der Waals surface area (Å²) in [4.78, 5) is 52.6. The number of hydrogen-bond acceptors (Lipinski definition) is 6. The van der Waals surface area contributed by atoms with E-state index in [1.807, 2.05) is 0 Å². The van der Waals surface area contributed by atoms with Crippen LogP contribution in [0.5, 0.6) is 0 Å². The van der Waals surface area contributed by atoms with Crippen molar-refractivity contribution in [1.29, 1.82) is 0 Å². The van der Waals surface area contributed by atoms with E-state index in [4.69, 9.17) is 0 Å². The van der Waals surface area contributed by atoms with Gasteiger partial charge in [0.15, 0.2) is 0 Å². The van der Waals surface area contributed by atoms with E-state index in [1.165, 1.54) is 4.90 Å². The van der Waals surface area contributed by atoms with Gasteiger partial charge in [-0.1, -0.05) is 6.07 Å². The summed E-state index contributed by atoms with van der Waals surface area (Å²) >= 11 is 0. The minimum atomic E-state index is -0.663. The van der Waals surface area contributed by atoms with E-state index in [1.54, 1.807) is 18.2 Å². The molecule has 1 aromatic rings. The summed E-state index contributed by atoms with van der Waals surface area (Å²) in [6, 6.07) is 4.56. The summed E-state index contributed by atoms with van der Waals surface area (Å²) < 4.78 is 0. The van der Waals surface area contributed by atoms with E-state index in [-0.39, 0.29) is 30.7 Å². The summed E-state index contributed by atoms with van der Waals surface area (Å²) in [7, 11) is 0. The predicted molar refractivity (Wildman–Crippen MR) is 105 cm³/mol. The normalized spacial score (nSPS) is 22.4. The molecule has 154 valence electrons. The fourth-order valence-electron chi connectivity index (χ4n) is 4.11. The molecule has 3 aliphatic rings. The first-order valence-electron chi connectivity index (χ1n) is 10.0. The molecule has 1 unspecified atom stereocenters. The van der Waals surface area contributed by atoms with Gasteiger partial charge >= 0.3 is 0 Å². The molecule has 2 fully saturated rings. The van der Waals surface area contributed by atoms with Gasteiger partial charge in [-0.2, -0.15) is 0 Å². The molecular weight excluding hydrogens is 374 g/mol. The Bertz CT molecular complexity index is 849. The van der Waals surface area contributed by atoms with Gasteiger partial charge in [0.25, 0.3) is 5.91 Å². The van der Waals surface area contributed by atoms with Crippen LogP contribution >= 0.6 is 0 Å². The number of benzene rings is 1. The second kappa shape index (κ2) is 8.30. The van der Waals surface area contributed by atoms with Gasteiger partial charge in [0.05, 0.1) is 0 Å². The van der Waals surface area contributed by atoms with Crippen LogP contribution < -0.4 is 16.0 Å². The Kier molecular flexibility index (Phi) is 5.59. The van der Waals surface area contributed by atoms with Gasteiger partial charge in [0.2, 0.25) is 17.7 Å². The Morgan fingerprint density at radius 3 is 2.72 bits per heavy atom. The van der Waals surface area contributed by atoms with Crippen molar-refractivity contribution in [2.24, 2.45) is 0 Å². The van der Waals surface area contributed by atoms with Gasteiger partial charge in [-0.3, -0.25) is 24.5 Å². The highest BCUT2D eigenvalue weighted by molar-refractivity contribution is 6.06. The standard InChI is InChI=1S/C20H25N5O4/c26-17-5-4-16(19(28)23-17)25-12-14-13(20(25)29)2-1-3-15(14)22-18(27)6-9-24-10-7-21-8-11-24/h1-3,16,21H,4-12H2,(H,22,27)(H,23,26,28). The average molecular weight is 399 g/mol. The Labute approximate surface area is 168 Å². The van der Waals surface area contributed by atoms with E-state index in [0.717, 1.165) is 31.7 Å². The lowest BCUT2D eigenvalue weighted by atomic mass is 10.0. The fourth-order valence-corrected chi connectivity index (χ4v) is 4.11. The molecule has 0 radical (unpaired) electrons. The van der Waals surface area contributed by atoms with Crippen molar-refractivity contribution in [2.45, 2.75) is 31.8 Å². The molecule has 2 saturated heterocycles. The van der Waals surface area contributed by atoms with Crippen molar-refractivity contribution < 1.29 is 19.2 Å². The zero-order valence-corrected chi connectivity index (χ0v) is 16.2. The molecule has 0 aromatic heterocycles. The molecule has 0 aliphatic carbocycles. The number of carbonyl (C=O) groups is 4. The van der Waals surface area contributed by atoms with Crippen LogP contribution in [0.25, 0.3) is 0 Å². The van der Waals surface area contributed by atoms with Crippen molar-refractivity contribution in [3.8, 4) is 0 Å². The molecule has 29 heavy (non-hydrogen) atoms. The molecule has 3 heterocycles. The maximum absolute atomic E-state index is 12.8. The highest BCUT2D eigenvalue weighted by Gasteiger charge is 2.39. The Morgan fingerprint density at radius 1 is 1.17 bits per heavy atom. The first-order valence-corrected chi connectivity index (χ1v) is 10.0. The Morgan fingerprint density at radius 2 is 1.97 bits per heavy atom. The average Bonchev–Trinajstić information content (AvgIpc) is 3.05. The van der Waals surface area contributed by atoms with Gasteiger partial charge in [-0.15, -0.1) is 0 Å². The van der Waals surface area contributed by atoms with Crippen LogP contribution in [0, 0.1) is 0 Å². The SMILES string of the molecule is O=C1CCC(N2Cc3c(NC(=O)CCN4CCNCC4)cccc3C2=O)C(=O)N1. The molecule has 4 amide bonds. The number of anilines is 1. The zero-order chi connectivity index (χ0) is 20.4. The third-order valence-electron chi connectivity index (χ3n) is 5.72. The van der Waals surface area contributed by atoms with Gasteiger partial charge in [-0.25, -0.2) is 0 Å². The number of hydrogen-bond donors (Lipinski definition) is 3. The van der Waals surface area contributed by atoms with Crippen molar-refractivity contribution in [1.82, 2.24) is 20.4 Å². The van der Waals surface area contributed by atoms with E-state index < -0.39 is 11.9 Å². The zero-order valence-electron chi connectivity index (χ0n) is 16.2. The number of nitrogens with zero attached hydrogens (tertiary/aromatic N) is 2. The van der Waals surface area contributed by atoms with Crippen LogP contribution in [-0.4, -0.2) is 72.2 Å². The van der Waals surface area contributed by atoms with Crippen LogP contribution in [0.2, 0.25) is 0 Å². The van der Waals surface area contributed by atoms with E-state index in [2.05, 4.69) is 20.9 Å². The number of carbonyl (C=O) groups excluding carboxylic acids is 4. The van der Waals surface area contributed by atoms with Crippen LogP contribution in [0.1, 0.15) is 35.2 Å². The van der Waals surface area contributed by atoms with Crippen molar-refractivity contribution >= 4 is 29.3 Å². The van der Waals surface area contributed by atoms with E-state index in [9.17, 15) is 19.2 Å². The van der Waals surface area contributed by atoms with Crippen molar-refractivity contribution in [3.05, 3.63) is 29.3 Å². The maximum Gasteiger partial charge on any atom is 0.255 e. The molecule has 9 heteroatoms. The highest BCUT2D eigenvalue weighted by Crippen LogP contribution is 2.32. The molecule has 3 aliphatic heterocycles. The number of fused-ring (bicyclic) bond motifs is 1. The number of piperidine rings is 1. The smallest absolute Gasteiger partial charge is 0.255 e. The third-order valence-corrected chi connectivity index (χ3v) is 5.72. The quantitative estimate of drug-likeness (QED) is 0.586. The van der Waals surface area contributed by atoms with Gasteiger partial charge in [0, 0.05) is 68.9 Å². The summed E-state index contributed by atoms with van der Waals surface area (Å²) in [6.07, 6.45) is 0.914. The molecular formula is C20H25N5O4. The lowest BCUT2D eigenvalue weighted by molar-refractivity contribution is -0.137. The number of rotatable bonds is 5. The van der Waals surface area contributed by atoms with Crippen LogP contribution in [0.4, 0.5) is 5.69 Å². The second-order valence-corrected chi connectivity index (χ2v) is 7.62. The summed E-state index contributed by atoms with van der Waals surface area (Å²) in [5.41, 5.74) is 1.82. The molecule has 0 spiro atoms. The fraction of sp³-hybridized carbons (Fsp3) is 0.500. The van der Waals surface area contributed by atoms with E-state index >= 15 is 0 Å². The van der Waals surface area contributed by atoms with Crippen LogP contribution in [0.15, 0.2) is 18.2 Å². The Hall–Kier alpha value is -2.78. The topological polar surface area (TPSA) is 111 Å². The van der Waals surface area contributed by atoms with E-state index in [0.29, 0.717) is 30.6 Å². The lowest BCUT2D eigenvalue weighted by Gasteiger charge is -2.29. The first-order chi connectivity index (χ1) is 14.0. The number of piperazine rings is 1. The molecule has 0 saturated carbocycles. The number of amides is 4. The minimum absolute atomic E-state index is 0.0937. The number of nitrogens with one attached hydrogen (secondary N) is 3. The molecule has 0 bridgehead atoms. The first kappa shape index (κ1) is 19.5. The molecule has 1 atom stereocenters. The van der Waals surface area contributed by atoms with Gasteiger partial charge in [0.1, 0.15) is 6.04 Å². The van der Waals surface area contributed by atoms with Crippen LogP contribution in [-0.2, 0) is 20.9 Å². The summed E-state index contributed by atoms with van der Waals surface area (Å²) in [5, 5.41) is 8.51.